The Morgan fingerprint density at radius 1 is 1.44 bits per heavy atom. The molecular formula is C13H19FN2O2. The lowest BCUT2D eigenvalue weighted by molar-refractivity contribution is 0.0654. The number of halogens is 1. The van der Waals surface area contributed by atoms with Crippen molar-refractivity contribution in [1.82, 2.24) is 5.32 Å². The molecule has 1 aromatic rings. The fourth-order valence-electron chi connectivity index (χ4n) is 1.24. The molecular weight excluding hydrogens is 235 g/mol. The van der Waals surface area contributed by atoms with Crippen LogP contribution in [0.15, 0.2) is 24.3 Å². The average Bonchev–Trinajstić information content (AvgIpc) is 2.24. The molecule has 2 amide bonds. The quantitative estimate of drug-likeness (QED) is 0.775. The summed E-state index contributed by atoms with van der Waals surface area (Å²) in [6.45, 7) is 5.78. The van der Waals surface area contributed by atoms with Crippen LogP contribution in [0.1, 0.15) is 20.8 Å². The molecule has 1 atom stereocenters. The van der Waals surface area contributed by atoms with Crippen LogP contribution in [0.2, 0.25) is 0 Å². The second kappa shape index (κ2) is 5.82. The van der Waals surface area contributed by atoms with Gasteiger partial charge in [0, 0.05) is 12.2 Å². The van der Waals surface area contributed by atoms with E-state index in [-0.39, 0.29) is 12.0 Å². The molecule has 4 nitrogen and oxygen atoms in total. The van der Waals surface area contributed by atoms with E-state index in [1.54, 1.807) is 6.07 Å². The largest absolute Gasteiger partial charge is 0.391 e. The summed E-state index contributed by atoms with van der Waals surface area (Å²) in [6.07, 6.45) is -0.643. The first-order valence-corrected chi connectivity index (χ1v) is 5.77. The van der Waals surface area contributed by atoms with Crippen molar-refractivity contribution >= 4 is 11.7 Å². The van der Waals surface area contributed by atoms with E-state index in [2.05, 4.69) is 10.6 Å². The molecule has 0 aliphatic heterocycles. The predicted octanol–water partition coefficient (Wildman–Crippen LogP) is 2.35. The van der Waals surface area contributed by atoms with Gasteiger partial charge in [0.25, 0.3) is 0 Å². The monoisotopic (exact) mass is 254 g/mol. The smallest absolute Gasteiger partial charge is 0.319 e. The van der Waals surface area contributed by atoms with Crippen LogP contribution in [-0.4, -0.2) is 23.8 Å². The standard InChI is InChI=1S/C13H19FN2O2/c1-13(2,3)11(17)8-15-12(18)16-10-6-4-5-9(14)7-10/h4-7,11,17H,8H2,1-3H3,(H2,15,16,18). The van der Waals surface area contributed by atoms with Gasteiger partial charge in [-0.3, -0.25) is 0 Å². The molecule has 0 saturated carbocycles. The molecule has 5 heteroatoms. The van der Waals surface area contributed by atoms with Gasteiger partial charge in [0.15, 0.2) is 0 Å². The average molecular weight is 254 g/mol. The number of anilines is 1. The van der Waals surface area contributed by atoms with E-state index in [1.165, 1.54) is 18.2 Å². The molecule has 0 heterocycles. The maximum Gasteiger partial charge on any atom is 0.319 e. The molecule has 1 aromatic carbocycles. The maximum atomic E-state index is 12.9. The van der Waals surface area contributed by atoms with Crippen molar-refractivity contribution in [3.8, 4) is 0 Å². The highest BCUT2D eigenvalue weighted by Gasteiger charge is 2.22. The van der Waals surface area contributed by atoms with Gasteiger partial charge in [-0.1, -0.05) is 26.8 Å². The molecule has 100 valence electrons. The van der Waals surface area contributed by atoms with Crippen LogP contribution in [0.25, 0.3) is 0 Å². The third kappa shape index (κ3) is 4.71. The van der Waals surface area contributed by atoms with E-state index >= 15 is 0 Å². The van der Waals surface area contributed by atoms with Gasteiger partial charge in [0.1, 0.15) is 5.82 Å². The lowest BCUT2D eigenvalue weighted by Crippen LogP contribution is -2.40. The molecule has 3 N–H and O–H groups in total. The summed E-state index contributed by atoms with van der Waals surface area (Å²) in [4.78, 5) is 11.5. The fourth-order valence-corrected chi connectivity index (χ4v) is 1.24. The molecule has 0 aliphatic rings. The van der Waals surface area contributed by atoms with Crippen LogP contribution >= 0.6 is 0 Å². The third-order valence-electron chi connectivity index (χ3n) is 2.54. The van der Waals surface area contributed by atoms with Crippen LogP contribution < -0.4 is 10.6 Å². The molecule has 0 spiro atoms. The van der Waals surface area contributed by atoms with E-state index in [9.17, 15) is 14.3 Å². The Morgan fingerprint density at radius 3 is 2.67 bits per heavy atom. The van der Waals surface area contributed by atoms with E-state index < -0.39 is 18.0 Å². The highest BCUT2D eigenvalue weighted by atomic mass is 19.1. The number of amides is 2. The Bertz CT molecular complexity index is 416. The normalized spacial score (nSPS) is 12.9. The highest BCUT2D eigenvalue weighted by Crippen LogP contribution is 2.18. The summed E-state index contributed by atoms with van der Waals surface area (Å²) >= 11 is 0. The Balaban J connectivity index is 2.43. The van der Waals surface area contributed by atoms with E-state index in [1.807, 2.05) is 20.8 Å². The van der Waals surface area contributed by atoms with Gasteiger partial charge < -0.3 is 15.7 Å². The van der Waals surface area contributed by atoms with Crippen molar-refractivity contribution in [1.29, 1.82) is 0 Å². The Hall–Kier alpha value is -1.62. The number of nitrogens with one attached hydrogen (secondary N) is 2. The number of carbonyl (C=O) groups is 1. The van der Waals surface area contributed by atoms with Gasteiger partial charge in [-0.2, -0.15) is 0 Å². The van der Waals surface area contributed by atoms with Gasteiger partial charge in [-0.15, -0.1) is 0 Å². The van der Waals surface area contributed by atoms with Gasteiger partial charge in [0.05, 0.1) is 6.10 Å². The third-order valence-corrected chi connectivity index (χ3v) is 2.54. The van der Waals surface area contributed by atoms with Crippen molar-refractivity contribution in [3.63, 3.8) is 0 Å². The first-order chi connectivity index (χ1) is 8.29. The first-order valence-electron chi connectivity index (χ1n) is 5.77. The molecule has 1 unspecified atom stereocenters. The molecule has 0 aliphatic carbocycles. The summed E-state index contributed by atoms with van der Waals surface area (Å²) in [7, 11) is 0. The number of rotatable bonds is 3. The van der Waals surface area contributed by atoms with E-state index in [0.717, 1.165) is 0 Å². The van der Waals surface area contributed by atoms with Gasteiger partial charge in [-0.05, 0) is 23.6 Å². The predicted molar refractivity (Wildman–Crippen MR) is 68.9 cm³/mol. The number of aliphatic hydroxyl groups is 1. The summed E-state index contributed by atoms with van der Waals surface area (Å²) in [6, 6.07) is 5.15. The van der Waals surface area contributed by atoms with Gasteiger partial charge in [-0.25, -0.2) is 9.18 Å². The number of benzene rings is 1. The van der Waals surface area contributed by atoms with E-state index in [0.29, 0.717) is 5.69 Å². The number of carbonyl (C=O) groups excluding carboxylic acids is 1. The molecule has 1 rings (SSSR count). The maximum absolute atomic E-state index is 12.9. The van der Waals surface area contributed by atoms with Crippen LogP contribution in [0.5, 0.6) is 0 Å². The van der Waals surface area contributed by atoms with Crippen LogP contribution in [-0.2, 0) is 0 Å². The van der Waals surface area contributed by atoms with Crippen molar-refractivity contribution in [3.05, 3.63) is 30.1 Å². The fraction of sp³-hybridized carbons (Fsp3) is 0.462. The minimum absolute atomic E-state index is 0.144. The van der Waals surface area contributed by atoms with Crippen molar-refractivity contribution < 1.29 is 14.3 Å². The summed E-state index contributed by atoms with van der Waals surface area (Å²) in [5, 5.41) is 14.8. The van der Waals surface area contributed by atoms with Crippen LogP contribution in [0.4, 0.5) is 14.9 Å². The zero-order valence-corrected chi connectivity index (χ0v) is 10.8. The zero-order chi connectivity index (χ0) is 13.8. The minimum atomic E-state index is -0.643. The second-order valence-corrected chi connectivity index (χ2v) is 5.23. The topological polar surface area (TPSA) is 61.4 Å². The van der Waals surface area contributed by atoms with Crippen LogP contribution in [0, 0.1) is 11.2 Å². The zero-order valence-electron chi connectivity index (χ0n) is 10.8. The van der Waals surface area contributed by atoms with Crippen molar-refractivity contribution in [2.24, 2.45) is 5.41 Å². The van der Waals surface area contributed by atoms with Crippen LogP contribution in [0.3, 0.4) is 0 Å². The van der Waals surface area contributed by atoms with Crippen molar-refractivity contribution in [2.45, 2.75) is 26.9 Å². The lowest BCUT2D eigenvalue weighted by atomic mass is 9.89. The molecule has 18 heavy (non-hydrogen) atoms. The molecule has 0 fully saturated rings. The van der Waals surface area contributed by atoms with Gasteiger partial charge >= 0.3 is 6.03 Å². The second-order valence-electron chi connectivity index (χ2n) is 5.23. The molecule has 0 bridgehead atoms. The van der Waals surface area contributed by atoms with Gasteiger partial charge in [0.2, 0.25) is 0 Å². The summed E-state index contributed by atoms with van der Waals surface area (Å²) in [5.74, 6) is -0.414. The SMILES string of the molecule is CC(C)(C)C(O)CNC(=O)Nc1cccc(F)c1. The molecule has 0 aromatic heterocycles. The summed E-state index contributed by atoms with van der Waals surface area (Å²) in [5.41, 5.74) is 0.0734. The molecule has 0 saturated heterocycles. The number of hydrogen-bond acceptors (Lipinski definition) is 2. The highest BCUT2D eigenvalue weighted by molar-refractivity contribution is 5.89. The first kappa shape index (κ1) is 14.4. The van der Waals surface area contributed by atoms with Crippen molar-refractivity contribution in [2.75, 3.05) is 11.9 Å². The summed E-state index contributed by atoms with van der Waals surface area (Å²) < 4.78 is 12.9. The Morgan fingerprint density at radius 2 is 2.11 bits per heavy atom. The van der Waals surface area contributed by atoms with E-state index in [4.69, 9.17) is 0 Å². The lowest BCUT2D eigenvalue weighted by Gasteiger charge is -2.25. The Kier molecular flexibility index (Phi) is 4.67. The Labute approximate surface area is 106 Å². The number of hydrogen-bond donors (Lipinski definition) is 3. The molecule has 0 radical (unpaired) electrons. The minimum Gasteiger partial charge on any atom is -0.391 e. The number of aliphatic hydroxyl groups excluding tert-OH is 1. The number of urea groups is 1.